The molecule has 1 unspecified atom stereocenters. The van der Waals surface area contributed by atoms with Gasteiger partial charge >= 0.3 is 0 Å². The minimum atomic E-state index is -1.83. The fourth-order valence-corrected chi connectivity index (χ4v) is 3.70. The van der Waals surface area contributed by atoms with Crippen LogP contribution >= 0.6 is 17.0 Å². The van der Waals surface area contributed by atoms with Crippen LogP contribution in [0.3, 0.4) is 0 Å². The molecular weight excluding hydrogens is 209 g/mol. The van der Waals surface area contributed by atoms with E-state index in [0.29, 0.717) is 0 Å². The Morgan fingerprint density at radius 2 is 2.25 bits per heavy atom. The molecule has 64 valence electrons. The number of hydrogen-bond donors (Lipinski definition) is 1. The van der Waals surface area contributed by atoms with Gasteiger partial charge in [-0.1, -0.05) is 23.5 Å². The van der Waals surface area contributed by atoms with Crippen molar-refractivity contribution in [3.63, 3.8) is 0 Å². The summed E-state index contributed by atoms with van der Waals surface area (Å²) in [5.41, 5.74) is -0.810. The summed E-state index contributed by atoms with van der Waals surface area (Å²) < 4.78 is 5.62. The van der Waals surface area contributed by atoms with E-state index in [9.17, 15) is 0 Å². The van der Waals surface area contributed by atoms with E-state index in [2.05, 4.69) is 5.09 Å². The summed E-state index contributed by atoms with van der Waals surface area (Å²) in [6, 6.07) is 7.85. The molecule has 12 heavy (non-hydrogen) atoms. The van der Waals surface area contributed by atoms with Gasteiger partial charge in [0.05, 0.1) is 5.69 Å². The minimum Gasteiger partial charge on any atom is -0.438 e. The summed E-state index contributed by atoms with van der Waals surface area (Å²) in [6.07, 6.45) is 1.97. The standard InChI is InChI=1S/C7H8NOPS2/c1-12-10(11)8-6-4-2-3-5-7(6)9-10/h2-5H,1H3,(H,8,11). The zero-order valence-electron chi connectivity index (χ0n) is 6.48. The monoisotopic (exact) mass is 217 g/mol. The second kappa shape index (κ2) is 2.95. The maximum atomic E-state index is 5.62. The maximum absolute atomic E-state index is 5.62. The molecule has 1 aromatic carbocycles. The van der Waals surface area contributed by atoms with Gasteiger partial charge in [-0.15, -0.1) is 0 Å². The number of anilines is 1. The van der Waals surface area contributed by atoms with Crippen LogP contribution in [0.5, 0.6) is 5.75 Å². The quantitative estimate of drug-likeness (QED) is 0.729. The van der Waals surface area contributed by atoms with Crippen LogP contribution in [0.1, 0.15) is 0 Å². The summed E-state index contributed by atoms with van der Waals surface area (Å²) in [6.45, 7) is 0. The molecule has 5 heteroatoms. The predicted octanol–water partition coefficient (Wildman–Crippen LogP) is 3.08. The van der Waals surface area contributed by atoms with Crippen LogP contribution in [0.2, 0.25) is 0 Å². The number of hydrogen-bond acceptors (Lipinski definition) is 3. The molecule has 0 spiro atoms. The van der Waals surface area contributed by atoms with Crippen molar-refractivity contribution in [3.8, 4) is 5.75 Å². The van der Waals surface area contributed by atoms with Gasteiger partial charge in [-0.05, 0) is 30.2 Å². The van der Waals surface area contributed by atoms with Gasteiger partial charge in [-0.2, -0.15) is 0 Å². The van der Waals surface area contributed by atoms with Gasteiger partial charge < -0.3 is 9.61 Å². The highest BCUT2D eigenvalue weighted by Gasteiger charge is 2.27. The lowest BCUT2D eigenvalue weighted by Crippen LogP contribution is -1.86. The third-order valence-electron chi connectivity index (χ3n) is 1.60. The first-order chi connectivity index (χ1) is 5.73. The first kappa shape index (κ1) is 8.42. The number of benzene rings is 1. The Balaban J connectivity index is 2.39. The van der Waals surface area contributed by atoms with Crippen LogP contribution < -0.4 is 9.61 Å². The SMILES string of the molecule is CSP1(=S)Nc2ccccc2O1. The zero-order chi connectivity index (χ0) is 8.60. The molecule has 1 heterocycles. The fourth-order valence-electron chi connectivity index (χ4n) is 1.02. The van der Waals surface area contributed by atoms with Gasteiger partial charge in [0.15, 0.2) is 5.75 Å². The van der Waals surface area contributed by atoms with E-state index < -0.39 is 5.62 Å². The fraction of sp³-hybridized carbons (Fsp3) is 0.143. The summed E-state index contributed by atoms with van der Waals surface area (Å²) in [7, 11) is 0. The van der Waals surface area contributed by atoms with Gasteiger partial charge in [-0.3, -0.25) is 0 Å². The van der Waals surface area contributed by atoms with Crippen molar-refractivity contribution in [2.75, 3.05) is 11.3 Å². The Morgan fingerprint density at radius 3 is 2.92 bits per heavy atom. The number of para-hydroxylation sites is 2. The Hall–Kier alpha value is -0.180. The molecule has 1 aromatic rings. The van der Waals surface area contributed by atoms with Crippen LogP contribution in [0.4, 0.5) is 5.69 Å². The molecule has 2 nitrogen and oxygen atoms in total. The molecule has 0 aliphatic carbocycles. The highest BCUT2D eigenvalue weighted by Crippen LogP contribution is 2.63. The van der Waals surface area contributed by atoms with Crippen molar-refractivity contribution < 1.29 is 4.52 Å². The number of rotatable bonds is 1. The molecular formula is C7H8NOPS2. The second-order valence-electron chi connectivity index (χ2n) is 2.38. The first-order valence-electron chi connectivity index (χ1n) is 3.46. The number of fused-ring (bicyclic) bond motifs is 1. The van der Waals surface area contributed by atoms with E-state index in [-0.39, 0.29) is 0 Å². The van der Waals surface area contributed by atoms with Crippen LogP contribution in [0, 0.1) is 0 Å². The van der Waals surface area contributed by atoms with Gasteiger partial charge in [0.2, 0.25) is 0 Å². The smallest absolute Gasteiger partial charge is 0.259 e. The van der Waals surface area contributed by atoms with E-state index >= 15 is 0 Å². The molecule has 1 N–H and O–H groups in total. The highest BCUT2D eigenvalue weighted by molar-refractivity contribution is 8.69. The average molecular weight is 217 g/mol. The number of nitrogens with one attached hydrogen (secondary N) is 1. The highest BCUT2D eigenvalue weighted by atomic mass is 32.9. The molecule has 0 amide bonds. The van der Waals surface area contributed by atoms with E-state index in [1.54, 1.807) is 11.4 Å². The van der Waals surface area contributed by atoms with Gasteiger partial charge in [0.1, 0.15) is 0 Å². The van der Waals surface area contributed by atoms with Crippen molar-refractivity contribution in [2.24, 2.45) is 0 Å². The Kier molecular flexibility index (Phi) is 2.07. The zero-order valence-corrected chi connectivity index (χ0v) is 9.01. The third kappa shape index (κ3) is 1.35. The van der Waals surface area contributed by atoms with Gasteiger partial charge in [0.25, 0.3) is 5.62 Å². The third-order valence-corrected chi connectivity index (χ3v) is 6.81. The van der Waals surface area contributed by atoms with Crippen molar-refractivity contribution in [1.29, 1.82) is 0 Å². The van der Waals surface area contributed by atoms with Crippen LogP contribution in [0.15, 0.2) is 24.3 Å². The Bertz CT molecular complexity index is 326. The lowest BCUT2D eigenvalue weighted by Gasteiger charge is -2.10. The summed E-state index contributed by atoms with van der Waals surface area (Å²) in [5, 5.41) is 3.23. The van der Waals surface area contributed by atoms with Crippen LogP contribution in [-0.4, -0.2) is 6.26 Å². The summed E-state index contributed by atoms with van der Waals surface area (Å²) >= 11 is 6.90. The van der Waals surface area contributed by atoms with Gasteiger partial charge in [-0.25, -0.2) is 0 Å². The molecule has 0 bridgehead atoms. The summed E-state index contributed by atoms with van der Waals surface area (Å²) in [5.74, 6) is 0.884. The Labute approximate surface area is 80.6 Å². The predicted molar refractivity (Wildman–Crippen MR) is 58.5 cm³/mol. The van der Waals surface area contributed by atoms with E-state index in [0.717, 1.165) is 11.4 Å². The maximum Gasteiger partial charge on any atom is 0.259 e. The molecule has 0 fully saturated rings. The van der Waals surface area contributed by atoms with Crippen molar-refractivity contribution in [2.45, 2.75) is 0 Å². The molecule has 0 radical (unpaired) electrons. The second-order valence-corrected chi connectivity index (χ2v) is 9.02. The summed E-state index contributed by atoms with van der Waals surface area (Å²) in [4.78, 5) is 0. The van der Waals surface area contributed by atoms with Gasteiger partial charge in [0, 0.05) is 0 Å². The average Bonchev–Trinajstić information content (AvgIpc) is 2.42. The van der Waals surface area contributed by atoms with Crippen molar-refractivity contribution >= 4 is 34.5 Å². The molecule has 2 rings (SSSR count). The van der Waals surface area contributed by atoms with Crippen LogP contribution in [0.25, 0.3) is 0 Å². The van der Waals surface area contributed by atoms with E-state index in [1.165, 1.54) is 0 Å². The lowest BCUT2D eigenvalue weighted by atomic mass is 10.3. The lowest BCUT2D eigenvalue weighted by molar-refractivity contribution is 0.646. The molecule has 0 saturated heterocycles. The molecule has 1 aliphatic rings. The van der Waals surface area contributed by atoms with Crippen LogP contribution in [-0.2, 0) is 11.8 Å². The van der Waals surface area contributed by atoms with Crippen molar-refractivity contribution in [3.05, 3.63) is 24.3 Å². The normalized spacial score (nSPS) is 25.8. The molecule has 1 atom stereocenters. The molecule has 0 saturated carbocycles. The molecule has 0 aromatic heterocycles. The van der Waals surface area contributed by atoms with E-state index in [4.69, 9.17) is 16.3 Å². The Morgan fingerprint density at radius 1 is 1.50 bits per heavy atom. The largest absolute Gasteiger partial charge is 0.438 e. The minimum absolute atomic E-state index is 0.884. The topological polar surface area (TPSA) is 21.3 Å². The first-order valence-corrected chi connectivity index (χ1v) is 8.01. The van der Waals surface area contributed by atoms with E-state index in [1.807, 2.05) is 30.5 Å². The van der Waals surface area contributed by atoms with Crippen molar-refractivity contribution in [1.82, 2.24) is 0 Å². The molecule has 1 aliphatic heterocycles.